The van der Waals surface area contributed by atoms with Crippen LogP contribution >= 0.6 is 0 Å². The first-order valence-corrected chi connectivity index (χ1v) is 10.3. The lowest BCUT2D eigenvalue weighted by molar-refractivity contribution is -0.136. The van der Waals surface area contributed by atoms with Crippen LogP contribution in [0.2, 0.25) is 0 Å². The molecule has 0 aliphatic rings. The molecule has 0 saturated heterocycles. The number of carboxylic acid groups (broad SMARTS) is 1. The largest absolute Gasteiger partial charge is 0.490 e. The second-order valence-corrected chi connectivity index (χ2v) is 7.06. The summed E-state index contributed by atoms with van der Waals surface area (Å²) in [5.74, 6) is 0.508. The molecule has 5 heteroatoms. The molecule has 3 aromatic rings. The van der Waals surface area contributed by atoms with Gasteiger partial charge in [-0.3, -0.25) is 4.79 Å². The maximum atomic E-state index is 11.6. The number of hydrogen-bond donors (Lipinski definition) is 2. The lowest BCUT2D eigenvalue weighted by Gasteiger charge is -2.12. The van der Waals surface area contributed by atoms with Crippen LogP contribution in [0.1, 0.15) is 44.7 Å². The van der Waals surface area contributed by atoms with Crippen molar-refractivity contribution in [3.63, 3.8) is 0 Å². The predicted molar refractivity (Wildman–Crippen MR) is 116 cm³/mol. The highest BCUT2D eigenvalue weighted by atomic mass is 16.5. The van der Waals surface area contributed by atoms with E-state index in [1.807, 2.05) is 38.1 Å². The van der Waals surface area contributed by atoms with Gasteiger partial charge in [-0.05, 0) is 68.1 Å². The Morgan fingerprint density at radius 3 is 2.45 bits per heavy atom. The molecule has 3 rings (SSSR count). The van der Waals surface area contributed by atoms with E-state index in [1.54, 1.807) is 0 Å². The van der Waals surface area contributed by atoms with Gasteiger partial charge in [0.25, 0.3) is 0 Å². The number of rotatable bonds is 10. The number of fused-ring (bicyclic) bond motifs is 1. The van der Waals surface area contributed by atoms with E-state index in [1.165, 1.54) is 5.56 Å². The van der Waals surface area contributed by atoms with Gasteiger partial charge in [0.1, 0.15) is 0 Å². The molecule has 0 spiro atoms. The molecule has 0 aliphatic carbocycles. The summed E-state index contributed by atoms with van der Waals surface area (Å²) in [7, 11) is 0. The molecule has 1 heterocycles. The standard InChI is InChI=1S/C24H29NO4/c1-4-7-8-16-9-11-20-18(13-16)19(15-23(26)27)24(25-20)17-10-12-21(28-5-2)22(14-17)29-6-3/h9-14,25H,4-8,15H2,1-3H3,(H,26,27). The Labute approximate surface area is 171 Å². The Morgan fingerprint density at radius 2 is 1.76 bits per heavy atom. The first-order chi connectivity index (χ1) is 14.1. The van der Waals surface area contributed by atoms with Crippen molar-refractivity contribution in [2.24, 2.45) is 0 Å². The topological polar surface area (TPSA) is 71.5 Å². The van der Waals surface area contributed by atoms with E-state index in [0.29, 0.717) is 24.7 Å². The lowest BCUT2D eigenvalue weighted by Crippen LogP contribution is -2.02. The molecule has 0 saturated carbocycles. The molecule has 0 unspecified atom stereocenters. The average molecular weight is 395 g/mol. The molecule has 0 atom stereocenters. The summed E-state index contributed by atoms with van der Waals surface area (Å²) in [4.78, 5) is 15.0. The number of carbonyl (C=O) groups is 1. The molecule has 0 radical (unpaired) electrons. The summed E-state index contributed by atoms with van der Waals surface area (Å²) in [5, 5.41) is 10.5. The van der Waals surface area contributed by atoms with E-state index >= 15 is 0 Å². The van der Waals surface area contributed by atoms with Crippen LogP contribution in [-0.4, -0.2) is 29.3 Å². The Morgan fingerprint density at radius 1 is 1.00 bits per heavy atom. The minimum absolute atomic E-state index is 0.0380. The van der Waals surface area contributed by atoms with Gasteiger partial charge >= 0.3 is 5.97 Å². The summed E-state index contributed by atoms with van der Waals surface area (Å²) in [6, 6.07) is 12.0. The number of benzene rings is 2. The summed E-state index contributed by atoms with van der Waals surface area (Å²) in [5.41, 5.74) is 4.69. The Balaban J connectivity index is 2.12. The number of aryl methyl sites for hydroxylation is 1. The average Bonchev–Trinajstić information content (AvgIpc) is 3.05. The molecule has 2 aromatic carbocycles. The van der Waals surface area contributed by atoms with Crippen LogP contribution < -0.4 is 9.47 Å². The summed E-state index contributed by atoms with van der Waals surface area (Å²) >= 11 is 0. The van der Waals surface area contributed by atoms with Gasteiger partial charge in [0.15, 0.2) is 11.5 Å². The van der Waals surface area contributed by atoms with E-state index in [4.69, 9.17) is 9.47 Å². The molecular weight excluding hydrogens is 366 g/mol. The van der Waals surface area contributed by atoms with Crippen molar-refractivity contribution in [1.29, 1.82) is 0 Å². The van der Waals surface area contributed by atoms with Crippen molar-refractivity contribution in [2.75, 3.05) is 13.2 Å². The van der Waals surface area contributed by atoms with Crippen LogP contribution in [0.15, 0.2) is 36.4 Å². The third kappa shape index (κ3) is 4.73. The van der Waals surface area contributed by atoms with Crippen molar-refractivity contribution in [3.8, 4) is 22.8 Å². The zero-order valence-electron chi connectivity index (χ0n) is 17.4. The number of nitrogens with one attached hydrogen (secondary N) is 1. The van der Waals surface area contributed by atoms with Crippen LogP contribution in [0.4, 0.5) is 0 Å². The molecule has 29 heavy (non-hydrogen) atoms. The van der Waals surface area contributed by atoms with Crippen molar-refractivity contribution in [1.82, 2.24) is 4.98 Å². The zero-order chi connectivity index (χ0) is 20.8. The third-order valence-corrected chi connectivity index (χ3v) is 4.95. The van der Waals surface area contributed by atoms with Gasteiger partial charge in [-0.2, -0.15) is 0 Å². The van der Waals surface area contributed by atoms with Crippen molar-refractivity contribution >= 4 is 16.9 Å². The van der Waals surface area contributed by atoms with Gasteiger partial charge in [-0.1, -0.05) is 19.4 Å². The van der Waals surface area contributed by atoms with E-state index < -0.39 is 5.97 Å². The van der Waals surface area contributed by atoms with Gasteiger partial charge < -0.3 is 19.6 Å². The molecule has 154 valence electrons. The SMILES string of the molecule is CCCCc1ccc2[nH]c(-c3ccc(OCC)c(OCC)c3)c(CC(=O)O)c2c1. The van der Waals surface area contributed by atoms with Gasteiger partial charge in [-0.25, -0.2) is 0 Å². The van der Waals surface area contributed by atoms with Crippen LogP contribution in [0, 0.1) is 0 Å². The monoisotopic (exact) mass is 395 g/mol. The molecule has 0 fully saturated rings. The smallest absolute Gasteiger partial charge is 0.307 e. The number of aliphatic carboxylic acids is 1. The Kier molecular flexibility index (Phi) is 6.81. The number of ether oxygens (including phenoxy) is 2. The highest BCUT2D eigenvalue weighted by molar-refractivity contribution is 5.94. The maximum absolute atomic E-state index is 11.6. The van der Waals surface area contributed by atoms with Gasteiger partial charge in [0.2, 0.25) is 0 Å². The van der Waals surface area contributed by atoms with E-state index in [0.717, 1.165) is 47.0 Å². The third-order valence-electron chi connectivity index (χ3n) is 4.95. The molecule has 0 bridgehead atoms. The number of unbranched alkanes of at least 4 members (excludes halogenated alkanes) is 1. The fourth-order valence-electron chi connectivity index (χ4n) is 3.62. The van der Waals surface area contributed by atoms with Gasteiger partial charge in [0.05, 0.1) is 25.3 Å². The first kappa shape index (κ1) is 20.8. The molecule has 0 aliphatic heterocycles. The van der Waals surface area contributed by atoms with E-state index in [2.05, 4.69) is 24.0 Å². The summed E-state index contributed by atoms with van der Waals surface area (Å²) < 4.78 is 11.4. The normalized spacial score (nSPS) is 11.0. The minimum atomic E-state index is -0.845. The number of aromatic amines is 1. The van der Waals surface area contributed by atoms with Crippen molar-refractivity contribution in [2.45, 2.75) is 46.5 Å². The Bertz CT molecular complexity index is 990. The molecule has 2 N–H and O–H groups in total. The minimum Gasteiger partial charge on any atom is -0.490 e. The highest BCUT2D eigenvalue weighted by Gasteiger charge is 2.18. The lowest BCUT2D eigenvalue weighted by atomic mass is 10.00. The molecular formula is C24H29NO4. The number of carboxylic acids is 1. The fraction of sp³-hybridized carbons (Fsp3) is 0.375. The van der Waals surface area contributed by atoms with E-state index in [-0.39, 0.29) is 6.42 Å². The molecule has 5 nitrogen and oxygen atoms in total. The van der Waals surface area contributed by atoms with E-state index in [9.17, 15) is 9.90 Å². The fourth-order valence-corrected chi connectivity index (χ4v) is 3.62. The first-order valence-electron chi connectivity index (χ1n) is 10.3. The number of hydrogen-bond acceptors (Lipinski definition) is 3. The zero-order valence-corrected chi connectivity index (χ0v) is 17.4. The van der Waals surface area contributed by atoms with Gasteiger partial charge in [-0.15, -0.1) is 0 Å². The van der Waals surface area contributed by atoms with Crippen LogP contribution in [0.25, 0.3) is 22.2 Å². The highest BCUT2D eigenvalue weighted by Crippen LogP contribution is 2.37. The van der Waals surface area contributed by atoms with Crippen LogP contribution in [0.5, 0.6) is 11.5 Å². The van der Waals surface area contributed by atoms with Gasteiger partial charge in [0, 0.05) is 16.5 Å². The molecule has 0 amide bonds. The second-order valence-electron chi connectivity index (χ2n) is 7.06. The Hall–Kier alpha value is -2.95. The predicted octanol–water partition coefficient (Wildman–Crippen LogP) is 5.60. The molecule has 1 aromatic heterocycles. The number of H-pyrrole nitrogens is 1. The van der Waals surface area contributed by atoms with Crippen molar-refractivity contribution in [3.05, 3.63) is 47.5 Å². The second kappa shape index (κ2) is 9.50. The quantitative estimate of drug-likeness (QED) is 0.468. The van der Waals surface area contributed by atoms with Crippen LogP contribution in [0.3, 0.4) is 0 Å². The maximum Gasteiger partial charge on any atom is 0.307 e. The summed E-state index contributed by atoms with van der Waals surface area (Å²) in [6.07, 6.45) is 3.21. The summed E-state index contributed by atoms with van der Waals surface area (Å²) in [6.45, 7) is 7.11. The van der Waals surface area contributed by atoms with Crippen molar-refractivity contribution < 1.29 is 19.4 Å². The van der Waals surface area contributed by atoms with Crippen LogP contribution in [-0.2, 0) is 17.6 Å². The number of aromatic nitrogens is 1.